The van der Waals surface area contributed by atoms with Gasteiger partial charge in [-0.1, -0.05) is 23.2 Å². The number of ether oxygens (including phenoxy) is 3. The topological polar surface area (TPSA) is 39.7 Å². The molecule has 0 heterocycles. The Kier molecular flexibility index (Phi) is 6.84. The Bertz CT molecular complexity index is 632. The summed E-state index contributed by atoms with van der Waals surface area (Å²) in [6.45, 7) is 1.44. The summed E-state index contributed by atoms with van der Waals surface area (Å²) in [4.78, 5) is 0. The first-order chi connectivity index (χ1) is 11.1. The summed E-state index contributed by atoms with van der Waals surface area (Å²) < 4.78 is 16.6. The molecule has 0 aliphatic carbocycles. The molecule has 0 saturated carbocycles. The second-order valence-corrected chi connectivity index (χ2v) is 5.63. The molecule has 2 aromatic rings. The van der Waals surface area contributed by atoms with Crippen molar-refractivity contribution in [2.24, 2.45) is 0 Å². The summed E-state index contributed by atoms with van der Waals surface area (Å²) >= 11 is 12.1. The Labute approximate surface area is 146 Å². The third-order valence-electron chi connectivity index (χ3n) is 3.08. The molecule has 0 aromatic heterocycles. The number of halogens is 2. The van der Waals surface area contributed by atoms with Crippen LogP contribution in [-0.2, 0) is 6.54 Å². The average molecular weight is 356 g/mol. The third kappa shape index (κ3) is 5.20. The van der Waals surface area contributed by atoms with Crippen LogP contribution in [0, 0.1) is 0 Å². The lowest BCUT2D eigenvalue weighted by Gasteiger charge is -2.14. The van der Waals surface area contributed by atoms with E-state index in [4.69, 9.17) is 37.4 Å². The van der Waals surface area contributed by atoms with E-state index < -0.39 is 0 Å². The van der Waals surface area contributed by atoms with Crippen molar-refractivity contribution in [3.63, 3.8) is 0 Å². The zero-order chi connectivity index (χ0) is 16.7. The Hall–Kier alpha value is -1.62. The highest BCUT2D eigenvalue weighted by molar-refractivity contribution is 6.32. The van der Waals surface area contributed by atoms with Crippen LogP contribution in [0.1, 0.15) is 5.56 Å². The van der Waals surface area contributed by atoms with Crippen molar-refractivity contribution in [1.29, 1.82) is 0 Å². The van der Waals surface area contributed by atoms with Gasteiger partial charge < -0.3 is 19.5 Å². The van der Waals surface area contributed by atoms with E-state index in [1.807, 2.05) is 31.3 Å². The fourth-order valence-electron chi connectivity index (χ4n) is 2.05. The van der Waals surface area contributed by atoms with E-state index >= 15 is 0 Å². The first kappa shape index (κ1) is 17.7. The highest BCUT2D eigenvalue weighted by Gasteiger charge is 2.12. The van der Waals surface area contributed by atoms with E-state index in [9.17, 15) is 0 Å². The molecular formula is C17H19Cl2NO3. The smallest absolute Gasteiger partial charge is 0.179 e. The van der Waals surface area contributed by atoms with Crippen molar-refractivity contribution < 1.29 is 14.2 Å². The number of rotatable bonds is 8. The van der Waals surface area contributed by atoms with E-state index in [2.05, 4.69) is 5.32 Å². The molecule has 0 saturated heterocycles. The molecule has 0 aliphatic rings. The summed E-state index contributed by atoms with van der Waals surface area (Å²) in [5.74, 6) is 1.86. The van der Waals surface area contributed by atoms with Crippen LogP contribution in [-0.4, -0.2) is 27.4 Å². The Morgan fingerprint density at radius 1 is 1.00 bits per heavy atom. The maximum absolute atomic E-state index is 6.27. The molecule has 0 fully saturated rings. The molecule has 23 heavy (non-hydrogen) atoms. The Balaban J connectivity index is 1.93. The van der Waals surface area contributed by atoms with Gasteiger partial charge in [-0.3, -0.25) is 0 Å². The van der Waals surface area contributed by atoms with Crippen molar-refractivity contribution in [2.45, 2.75) is 6.54 Å². The number of benzene rings is 2. The van der Waals surface area contributed by atoms with Crippen molar-refractivity contribution in [2.75, 3.05) is 27.4 Å². The summed E-state index contributed by atoms with van der Waals surface area (Å²) in [7, 11) is 3.46. The van der Waals surface area contributed by atoms with Crippen LogP contribution in [0.2, 0.25) is 10.0 Å². The molecule has 0 bridgehead atoms. The molecular weight excluding hydrogens is 337 g/mol. The second-order valence-electron chi connectivity index (χ2n) is 4.79. The first-order valence-electron chi connectivity index (χ1n) is 7.16. The molecule has 6 heteroatoms. The summed E-state index contributed by atoms with van der Waals surface area (Å²) in [5, 5.41) is 4.26. The highest BCUT2D eigenvalue weighted by atomic mass is 35.5. The van der Waals surface area contributed by atoms with Crippen LogP contribution >= 0.6 is 23.2 Å². The highest BCUT2D eigenvalue weighted by Crippen LogP contribution is 2.36. The van der Waals surface area contributed by atoms with Crippen molar-refractivity contribution in [3.05, 3.63) is 52.0 Å². The predicted molar refractivity (Wildman–Crippen MR) is 93.2 cm³/mol. The normalized spacial score (nSPS) is 10.4. The lowest BCUT2D eigenvalue weighted by atomic mass is 10.2. The van der Waals surface area contributed by atoms with Gasteiger partial charge in [-0.25, -0.2) is 0 Å². The van der Waals surface area contributed by atoms with Gasteiger partial charge in [0, 0.05) is 11.6 Å². The molecule has 1 N–H and O–H groups in total. The third-order valence-corrected chi connectivity index (χ3v) is 3.61. The van der Waals surface area contributed by atoms with Crippen LogP contribution in [0.3, 0.4) is 0 Å². The monoisotopic (exact) mass is 355 g/mol. The van der Waals surface area contributed by atoms with Crippen molar-refractivity contribution in [3.8, 4) is 17.2 Å². The maximum atomic E-state index is 6.27. The lowest BCUT2D eigenvalue weighted by molar-refractivity contribution is 0.211. The molecule has 2 aromatic carbocycles. The van der Waals surface area contributed by atoms with E-state index in [-0.39, 0.29) is 0 Å². The van der Waals surface area contributed by atoms with E-state index in [1.165, 1.54) is 0 Å². The molecule has 0 amide bonds. The number of hydrogen-bond acceptors (Lipinski definition) is 4. The SMILES string of the molecule is CNCc1cc(Cl)c(OCCOc2ccc(Cl)cc2)c(OC)c1. The Morgan fingerprint density at radius 3 is 2.35 bits per heavy atom. The van der Waals surface area contributed by atoms with E-state index in [1.54, 1.807) is 19.2 Å². The minimum Gasteiger partial charge on any atom is -0.493 e. The van der Waals surface area contributed by atoms with Gasteiger partial charge >= 0.3 is 0 Å². The molecule has 0 unspecified atom stereocenters. The van der Waals surface area contributed by atoms with Gasteiger partial charge in [-0.2, -0.15) is 0 Å². The minimum atomic E-state index is 0.351. The molecule has 124 valence electrons. The first-order valence-corrected chi connectivity index (χ1v) is 7.92. The number of hydrogen-bond donors (Lipinski definition) is 1. The molecule has 4 nitrogen and oxygen atoms in total. The van der Waals surface area contributed by atoms with E-state index in [0.29, 0.717) is 41.3 Å². The van der Waals surface area contributed by atoms with Crippen LogP contribution in [0.5, 0.6) is 17.2 Å². The van der Waals surface area contributed by atoms with Gasteiger partial charge in [0.2, 0.25) is 0 Å². The Morgan fingerprint density at radius 2 is 1.70 bits per heavy atom. The zero-order valence-corrected chi connectivity index (χ0v) is 14.6. The van der Waals surface area contributed by atoms with Crippen LogP contribution in [0.25, 0.3) is 0 Å². The molecule has 2 rings (SSSR count). The molecule has 0 atom stereocenters. The number of methoxy groups -OCH3 is 1. The molecule has 0 radical (unpaired) electrons. The van der Waals surface area contributed by atoms with Crippen molar-refractivity contribution in [1.82, 2.24) is 5.32 Å². The van der Waals surface area contributed by atoms with Gasteiger partial charge in [0.05, 0.1) is 12.1 Å². The molecule has 0 spiro atoms. The lowest BCUT2D eigenvalue weighted by Crippen LogP contribution is -2.10. The zero-order valence-electron chi connectivity index (χ0n) is 13.1. The van der Waals surface area contributed by atoms with Crippen LogP contribution in [0.15, 0.2) is 36.4 Å². The van der Waals surface area contributed by atoms with Gasteiger partial charge in [0.1, 0.15) is 19.0 Å². The van der Waals surface area contributed by atoms with Gasteiger partial charge in [0.15, 0.2) is 11.5 Å². The standard InChI is InChI=1S/C17H19Cl2NO3/c1-20-11-12-9-15(19)17(16(10-12)21-2)23-8-7-22-14-5-3-13(18)4-6-14/h3-6,9-10,20H,7-8,11H2,1-2H3. The predicted octanol–water partition coefficient (Wildman–Crippen LogP) is 4.18. The maximum Gasteiger partial charge on any atom is 0.179 e. The van der Waals surface area contributed by atoms with Crippen LogP contribution in [0.4, 0.5) is 0 Å². The summed E-state index contributed by atoms with van der Waals surface area (Å²) in [5.41, 5.74) is 1.03. The van der Waals surface area contributed by atoms with Crippen molar-refractivity contribution >= 4 is 23.2 Å². The molecule has 0 aliphatic heterocycles. The van der Waals surface area contributed by atoms with E-state index in [0.717, 1.165) is 11.3 Å². The largest absolute Gasteiger partial charge is 0.493 e. The minimum absolute atomic E-state index is 0.351. The fourth-order valence-corrected chi connectivity index (χ4v) is 2.47. The van der Waals surface area contributed by atoms with Gasteiger partial charge in [-0.05, 0) is 49.0 Å². The summed E-state index contributed by atoms with van der Waals surface area (Å²) in [6.07, 6.45) is 0. The fraction of sp³-hybridized carbons (Fsp3) is 0.294. The number of nitrogens with one attached hydrogen (secondary N) is 1. The quantitative estimate of drug-likeness (QED) is 0.721. The second kappa shape index (κ2) is 8.87. The van der Waals surface area contributed by atoms with Gasteiger partial charge in [-0.15, -0.1) is 0 Å². The van der Waals surface area contributed by atoms with Gasteiger partial charge in [0.25, 0.3) is 0 Å². The van der Waals surface area contributed by atoms with Crippen LogP contribution < -0.4 is 19.5 Å². The summed E-state index contributed by atoms with van der Waals surface area (Å²) in [6, 6.07) is 10.9. The average Bonchev–Trinajstić information content (AvgIpc) is 2.54.